The number of carbonyl (C=O) groups is 2. The van der Waals surface area contributed by atoms with Crippen LogP contribution in [0.2, 0.25) is 0 Å². The van der Waals surface area contributed by atoms with Crippen molar-refractivity contribution in [3.8, 4) is 11.5 Å². The van der Waals surface area contributed by atoms with E-state index in [0.29, 0.717) is 17.5 Å². The van der Waals surface area contributed by atoms with Gasteiger partial charge in [0.05, 0.1) is 6.61 Å². The van der Waals surface area contributed by atoms with Crippen LogP contribution in [0.4, 0.5) is 4.39 Å². The maximum Gasteiger partial charge on any atom is 0.437 e. The number of Topliss-reactive ketones (excluding diaryl/α,β-unsaturated/α-hetero) is 1. The molecule has 0 bridgehead atoms. The summed E-state index contributed by atoms with van der Waals surface area (Å²) in [6.07, 6.45) is 0.464. The molecule has 144 valence electrons. The van der Waals surface area contributed by atoms with Gasteiger partial charge in [-0.15, -0.1) is 5.10 Å². The van der Waals surface area contributed by atoms with Crippen LogP contribution in [-0.2, 0) is 16.1 Å². The maximum atomic E-state index is 12.8. The van der Waals surface area contributed by atoms with Crippen LogP contribution in [0.15, 0.2) is 63.8 Å². The van der Waals surface area contributed by atoms with E-state index in [4.69, 9.17) is 9.15 Å². The second-order valence-corrected chi connectivity index (χ2v) is 5.95. The van der Waals surface area contributed by atoms with Gasteiger partial charge in [-0.05, 0) is 42.8 Å². The van der Waals surface area contributed by atoms with Gasteiger partial charge < -0.3 is 9.15 Å². The SMILES string of the molecule is O=C(Cn1nc(-c2ccccc2)oc1=O)OCCCC(=O)c1ccc(F)cc1. The Morgan fingerprint density at radius 1 is 1.07 bits per heavy atom. The fraction of sp³-hybridized carbons (Fsp3) is 0.200. The fourth-order valence-corrected chi connectivity index (χ4v) is 2.47. The zero-order chi connectivity index (χ0) is 19.9. The summed E-state index contributed by atoms with van der Waals surface area (Å²) in [5, 5.41) is 3.98. The molecule has 0 atom stereocenters. The minimum atomic E-state index is -0.762. The maximum absolute atomic E-state index is 12.8. The van der Waals surface area contributed by atoms with E-state index >= 15 is 0 Å². The number of hydrogen-bond donors (Lipinski definition) is 0. The molecule has 0 unspecified atom stereocenters. The van der Waals surface area contributed by atoms with Crippen molar-refractivity contribution in [2.24, 2.45) is 0 Å². The molecular weight excluding hydrogens is 367 g/mol. The number of benzene rings is 2. The van der Waals surface area contributed by atoms with Crippen molar-refractivity contribution in [3.05, 3.63) is 76.5 Å². The van der Waals surface area contributed by atoms with Crippen molar-refractivity contribution in [3.63, 3.8) is 0 Å². The van der Waals surface area contributed by atoms with Crippen molar-refractivity contribution in [1.29, 1.82) is 0 Å². The van der Waals surface area contributed by atoms with Gasteiger partial charge in [-0.3, -0.25) is 9.59 Å². The van der Waals surface area contributed by atoms with Gasteiger partial charge in [0.25, 0.3) is 0 Å². The molecule has 0 fully saturated rings. The van der Waals surface area contributed by atoms with Crippen molar-refractivity contribution < 1.29 is 23.1 Å². The van der Waals surface area contributed by atoms with E-state index in [9.17, 15) is 18.8 Å². The van der Waals surface area contributed by atoms with Crippen LogP contribution in [0.1, 0.15) is 23.2 Å². The molecule has 0 amide bonds. The Kier molecular flexibility index (Phi) is 6.11. The highest BCUT2D eigenvalue weighted by Crippen LogP contribution is 2.14. The van der Waals surface area contributed by atoms with Crippen LogP contribution in [-0.4, -0.2) is 28.1 Å². The summed E-state index contributed by atoms with van der Waals surface area (Å²) in [6.45, 7) is -0.370. The monoisotopic (exact) mass is 384 g/mol. The Hall–Kier alpha value is -3.55. The minimum absolute atomic E-state index is 0.0178. The molecule has 0 aliphatic heterocycles. The molecule has 1 heterocycles. The molecule has 28 heavy (non-hydrogen) atoms. The summed E-state index contributed by atoms with van der Waals surface area (Å²) < 4.78 is 23.8. The highest BCUT2D eigenvalue weighted by Gasteiger charge is 2.14. The van der Waals surface area contributed by atoms with Crippen LogP contribution >= 0.6 is 0 Å². The number of esters is 1. The van der Waals surface area contributed by atoms with Crippen LogP contribution in [0.5, 0.6) is 0 Å². The highest BCUT2D eigenvalue weighted by atomic mass is 19.1. The average Bonchev–Trinajstić information content (AvgIpc) is 3.06. The van der Waals surface area contributed by atoms with E-state index in [2.05, 4.69) is 5.10 Å². The Bertz CT molecular complexity index is 1010. The molecule has 7 nitrogen and oxygen atoms in total. The predicted molar refractivity (Wildman–Crippen MR) is 97.1 cm³/mol. The van der Waals surface area contributed by atoms with E-state index in [1.54, 1.807) is 24.3 Å². The first-order chi connectivity index (χ1) is 13.5. The third kappa shape index (κ3) is 5.00. The number of halogens is 1. The van der Waals surface area contributed by atoms with Gasteiger partial charge in [-0.1, -0.05) is 18.2 Å². The topological polar surface area (TPSA) is 91.4 Å². The molecule has 2 aromatic carbocycles. The number of rotatable bonds is 8. The van der Waals surface area contributed by atoms with Crippen molar-refractivity contribution in [1.82, 2.24) is 9.78 Å². The number of nitrogens with zero attached hydrogens (tertiary/aromatic N) is 2. The molecule has 3 aromatic rings. The number of hydrogen-bond acceptors (Lipinski definition) is 6. The summed E-state index contributed by atoms with van der Waals surface area (Å²) in [6, 6.07) is 14.1. The van der Waals surface area contributed by atoms with E-state index in [0.717, 1.165) is 4.68 Å². The van der Waals surface area contributed by atoms with Crippen LogP contribution in [0, 0.1) is 5.82 Å². The molecule has 0 saturated carbocycles. The lowest BCUT2D eigenvalue weighted by Gasteiger charge is -2.04. The van der Waals surface area contributed by atoms with Gasteiger partial charge in [0.2, 0.25) is 5.89 Å². The Balaban J connectivity index is 1.46. The van der Waals surface area contributed by atoms with Gasteiger partial charge >= 0.3 is 11.7 Å². The molecule has 1 aromatic heterocycles. The first kappa shape index (κ1) is 19.2. The summed E-state index contributed by atoms with van der Waals surface area (Å²) >= 11 is 0. The minimum Gasteiger partial charge on any atom is -0.464 e. The smallest absolute Gasteiger partial charge is 0.437 e. The molecule has 0 spiro atoms. The molecule has 0 saturated heterocycles. The summed E-state index contributed by atoms with van der Waals surface area (Å²) in [5.74, 6) is -1.89. The Morgan fingerprint density at radius 3 is 2.50 bits per heavy atom. The molecule has 0 aliphatic rings. The number of aromatic nitrogens is 2. The number of ketones is 1. The molecule has 0 aliphatic carbocycles. The fourth-order valence-electron chi connectivity index (χ4n) is 2.47. The molecular formula is C20H17FN2O5. The van der Waals surface area contributed by atoms with Crippen molar-refractivity contribution in [2.75, 3.05) is 6.61 Å². The van der Waals surface area contributed by atoms with Crippen LogP contribution in [0.3, 0.4) is 0 Å². The summed E-state index contributed by atoms with van der Waals surface area (Å²) in [5.41, 5.74) is 1.02. The van der Waals surface area contributed by atoms with Gasteiger partial charge in [0.15, 0.2) is 5.78 Å². The van der Waals surface area contributed by atoms with Crippen LogP contribution < -0.4 is 5.76 Å². The third-order valence-electron chi connectivity index (χ3n) is 3.88. The second kappa shape index (κ2) is 8.90. The van der Waals surface area contributed by atoms with Gasteiger partial charge in [-0.25, -0.2) is 9.18 Å². The Morgan fingerprint density at radius 2 is 1.79 bits per heavy atom. The largest absolute Gasteiger partial charge is 0.464 e. The van der Waals surface area contributed by atoms with Crippen molar-refractivity contribution in [2.45, 2.75) is 19.4 Å². The zero-order valence-electron chi connectivity index (χ0n) is 14.8. The van der Waals surface area contributed by atoms with Gasteiger partial charge in [0, 0.05) is 17.5 Å². The lowest BCUT2D eigenvalue weighted by atomic mass is 10.1. The van der Waals surface area contributed by atoms with Crippen molar-refractivity contribution >= 4 is 11.8 Å². The average molecular weight is 384 g/mol. The summed E-state index contributed by atoms with van der Waals surface area (Å²) in [7, 11) is 0. The van der Waals surface area contributed by atoms with E-state index < -0.39 is 17.5 Å². The third-order valence-corrected chi connectivity index (χ3v) is 3.88. The highest BCUT2D eigenvalue weighted by molar-refractivity contribution is 5.95. The van der Waals surface area contributed by atoms with Gasteiger partial charge in [0.1, 0.15) is 12.4 Å². The lowest BCUT2D eigenvalue weighted by Crippen LogP contribution is -2.23. The van der Waals surface area contributed by atoms with E-state index in [1.165, 1.54) is 24.3 Å². The number of ether oxygens (including phenoxy) is 1. The van der Waals surface area contributed by atoms with Gasteiger partial charge in [-0.2, -0.15) is 4.68 Å². The quantitative estimate of drug-likeness (QED) is 0.337. The number of carbonyl (C=O) groups excluding carboxylic acids is 2. The second-order valence-electron chi connectivity index (χ2n) is 5.95. The van der Waals surface area contributed by atoms with E-state index in [-0.39, 0.29) is 31.2 Å². The first-order valence-electron chi connectivity index (χ1n) is 8.61. The summed E-state index contributed by atoms with van der Waals surface area (Å²) in [4.78, 5) is 35.6. The first-order valence-corrected chi connectivity index (χ1v) is 8.61. The lowest BCUT2D eigenvalue weighted by molar-refractivity contribution is -0.144. The predicted octanol–water partition coefficient (Wildman–Crippen LogP) is 2.85. The standard InChI is InChI=1S/C20H17FN2O5/c21-16-10-8-14(9-11-16)17(24)7-4-12-27-18(25)13-23-20(26)28-19(22-23)15-5-2-1-3-6-15/h1-3,5-6,8-11H,4,7,12-13H2. The molecule has 0 N–H and O–H groups in total. The molecule has 8 heteroatoms. The molecule has 3 rings (SSSR count). The van der Waals surface area contributed by atoms with E-state index in [1.807, 2.05) is 6.07 Å². The Labute approximate surface area is 159 Å². The normalized spacial score (nSPS) is 10.6. The zero-order valence-corrected chi connectivity index (χ0v) is 14.8. The van der Waals surface area contributed by atoms with Crippen LogP contribution in [0.25, 0.3) is 11.5 Å². The molecule has 0 radical (unpaired) electrons.